The summed E-state index contributed by atoms with van der Waals surface area (Å²) in [6.07, 6.45) is 39.3. The van der Waals surface area contributed by atoms with Crippen LogP contribution in [0.25, 0.3) is 0 Å². The minimum Gasteiger partial charge on any atom is -0.436 e. The molecular formula is C80H194O19Si16. The van der Waals surface area contributed by atoms with E-state index in [-0.39, 0.29) is 0 Å². The summed E-state index contributed by atoms with van der Waals surface area (Å²) in [5, 5.41) is 41.7. The number of rotatable bonds is 76. The van der Waals surface area contributed by atoms with Gasteiger partial charge in [-0.3, -0.25) is 0 Å². The molecule has 0 radical (unpaired) electrons. The molecule has 4 atom stereocenters. The molecule has 0 saturated carbocycles. The van der Waals surface area contributed by atoms with Gasteiger partial charge in [0.05, 0.1) is 25.4 Å². The predicted octanol–water partition coefficient (Wildman–Crippen LogP) is 26.0. The number of ether oxygens (including phenoxy) is 1. The zero-order chi connectivity index (χ0) is 88.6. The molecule has 0 aliphatic rings. The van der Waals surface area contributed by atoms with Crippen LogP contribution >= 0.6 is 0 Å². The highest BCUT2D eigenvalue weighted by Gasteiger charge is 2.52. The lowest BCUT2D eigenvalue weighted by atomic mass is 10.0. The fourth-order valence-corrected chi connectivity index (χ4v) is 99.0. The number of aliphatic hydroxyl groups is 4. The lowest BCUT2D eigenvalue weighted by Gasteiger charge is -2.44. The highest BCUT2D eigenvalue weighted by molar-refractivity contribution is 6.94. The fourth-order valence-electron chi connectivity index (χ4n) is 17.8. The number of aliphatic hydroxyl groups excluding tert-OH is 4. The molecule has 0 saturated heterocycles. The molecule has 35 heteroatoms. The second-order valence-electron chi connectivity index (χ2n) is 41.9. The first kappa shape index (κ1) is 118. The van der Waals surface area contributed by atoms with Crippen molar-refractivity contribution in [2.75, 3.05) is 13.2 Å². The molecule has 0 bridgehead atoms. The van der Waals surface area contributed by atoms with Crippen molar-refractivity contribution in [2.45, 2.75) is 503 Å². The first-order chi connectivity index (χ1) is 52.4. The number of unbranched alkanes of at least 4 members (excludes halogenated alkanes) is 30. The summed E-state index contributed by atoms with van der Waals surface area (Å²) in [6, 6.07) is 4.52. The number of hydrogen-bond donors (Lipinski definition) is 4. The fraction of sp³-hybridized carbons (Fsp3) is 1.00. The van der Waals surface area contributed by atoms with E-state index in [0.717, 1.165) is 76.3 Å². The third-order valence-corrected chi connectivity index (χ3v) is 82.6. The summed E-state index contributed by atoms with van der Waals surface area (Å²) in [5.74, 6) is 0. The van der Waals surface area contributed by atoms with E-state index < -0.39 is 174 Å². The Morgan fingerprint density at radius 2 is 0.313 bits per heavy atom. The van der Waals surface area contributed by atoms with Gasteiger partial charge in [-0.05, 0) is 247 Å². The SMILES string of the molecule is CCCCCCCCCC[Si](C)(C)O[Si](C)(C)O[Si](C)(C)O[Si](C)(C)O[Si](C)(C)O[Si](C)(C)O[Si](C)(C)O[Si](C)(C)CCCCCCCCCCCC(OC(CCCCCCCCCCC[Si](C)(C)O[Si](C)(C)O[Si](C)(C)O[Si](C)(C)O[Si](C)(C)O[Si](C)(C)O[Si](C)(C)O[Si](C)(C)CCCCCCCCCC)C(O)CO)C(O)CO. The van der Waals surface area contributed by atoms with Crippen molar-refractivity contribution in [2.24, 2.45) is 0 Å². The lowest BCUT2D eigenvalue weighted by Crippen LogP contribution is -2.61. The Labute approximate surface area is 729 Å². The summed E-state index contributed by atoms with van der Waals surface area (Å²) >= 11 is 0. The molecular weight excluding hydrogens is 1710 g/mol. The molecule has 0 aliphatic carbocycles. The van der Waals surface area contributed by atoms with Crippen molar-refractivity contribution >= 4 is 136 Å². The van der Waals surface area contributed by atoms with E-state index in [1.165, 1.54) is 166 Å². The van der Waals surface area contributed by atoms with Crippen molar-refractivity contribution in [1.82, 2.24) is 0 Å². The van der Waals surface area contributed by atoms with E-state index in [1.807, 2.05) is 0 Å². The summed E-state index contributed by atoms with van der Waals surface area (Å²) in [7, 11) is -39.2. The maximum absolute atomic E-state index is 10.8. The topological polar surface area (TPSA) is 219 Å². The first-order valence-electron chi connectivity index (χ1n) is 46.5. The van der Waals surface area contributed by atoms with E-state index in [4.69, 9.17) is 62.3 Å². The molecule has 692 valence electrons. The van der Waals surface area contributed by atoms with Crippen molar-refractivity contribution in [3.63, 3.8) is 0 Å². The van der Waals surface area contributed by atoms with Crippen LogP contribution in [-0.2, 0) is 62.3 Å². The van der Waals surface area contributed by atoms with E-state index in [1.54, 1.807) is 0 Å². The Kier molecular flexibility index (Phi) is 56.9. The standard InChI is InChI=1S/C80H194O19Si16/c1-35-37-39-41-43-53-59-65-71-100(3,4)86-104(11,12)90-108(19,20)94-112(27,28)98-114(31,32)96-110(23,24)92-106(15,16)88-102(7,8)73-67-61-55-49-45-47-51-57-63-69-79(77(83)75-81)85-80(78(84)76-82)70-64-58-52-48-46-50-56-62-68-74-103(9,10)89-107(17,18)93-111(25,26)97-115(33,34)99-113(29,30)95-109(21,22)91-105(13,14)87-101(5,6)72-66-60-54-44-42-40-38-36-2/h77-84H,35-76H2,1-34H3. The third kappa shape index (κ3) is 64.2. The maximum Gasteiger partial charge on any atom is 0.314 e. The van der Waals surface area contributed by atoms with E-state index in [9.17, 15) is 20.4 Å². The average Bonchev–Trinajstić information content (AvgIpc) is 0.806. The second kappa shape index (κ2) is 55.6. The van der Waals surface area contributed by atoms with Gasteiger partial charge in [0, 0.05) is 0 Å². The minimum absolute atomic E-state index is 0.403. The molecule has 4 N–H and O–H groups in total. The van der Waals surface area contributed by atoms with Crippen molar-refractivity contribution in [3.8, 4) is 0 Å². The van der Waals surface area contributed by atoms with Crippen LogP contribution in [0.4, 0.5) is 0 Å². The molecule has 0 heterocycles. The largest absolute Gasteiger partial charge is 0.436 e. The first-order valence-corrected chi connectivity index (χ1v) is 92.7. The summed E-state index contributed by atoms with van der Waals surface area (Å²) < 4.78 is 104. The Morgan fingerprint density at radius 3 is 0.461 bits per heavy atom. The average molecular weight is 1910 g/mol. The molecule has 0 aromatic heterocycles. The van der Waals surface area contributed by atoms with Gasteiger partial charge < -0.3 is 82.8 Å². The van der Waals surface area contributed by atoms with Gasteiger partial charge in [0.25, 0.3) is 0 Å². The third-order valence-electron chi connectivity index (χ3n) is 20.4. The van der Waals surface area contributed by atoms with Crippen molar-refractivity contribution < 1.29 is 82.8 Å². The van der Waals surface area contributed by atoms with Gasteiger partial charge in [0.2, 0.25) is 0 Å². The highest BCUT2D eigenvalue weighted by Crippen LogP contribution is 2.36. The van der Waals surface area contributed by atoms with Crippen LogP contribution in [0.2, 0.25) is 234 Å². The van der Waals surface area contributed by atoms with Gasteiger partial charge in [0.15, 0.2) is 33.3 Å². The Morgan fingerprint density at radius 1 is 0.183 bits per heavy atom. The van der Waals surface area contributed by atoms with Crippen LogP contribution in [0.5, 0.6) is 0 Å². The van der Waals surface area contributed by atoms with Crippen LogP contribution in [0, 0.1) is 0 Å². The monoisotopic (exact) mass is 1910 g/mol. The van der Waals surface area contributed by atoms with Crippen LogP contribution in [-0.4, -0.2) is 194 Å². The van der Waals surface area contributed by atoms with E-state index >= 15 is 0 Å². The summed E-state index contributed by atoms with van der Waals surface area (Å²) in [5.41, 5.74) is 0. The Bertz CT molecular complexity index is 2340. The van der Waals surface area contributed by atoms with Gasteiger partial charge in [-0.1, -0.05) is 232 Å². The lowest BCUT2D eigenvalue weighted by molar-refractivity contribution is -0.137. The molecule has 0 aliphatic heterocycles. The Balaban J connectivity index is 4.84. The van der Waals surface area contributed by atoms with Crippen LogP contribution in [0.3, 0.4) is 0 Å². The summed E-state index contributed by atoms with van der Waals surface area (Å²) in [6.45, 7) is 74.1. The molecule has 0 aromatic carbocycles. The molecule has 4 unspecified atom stereocenters. The van der Waals surface area contributed by atoms with Gasteiger partial charge in [-0.2, -0.15) is 0 Å². The van der Waals surface area contributed by atoms with Gasteiger partial charge in [-0.15, -0.1) is 0 Å². The number of hydrogen-bond acceptors (Lipinski definition) is 19. The second-order valence-corrected chi connectivity index (χ2v) is 103. The minimum atomic E-state index is -2.70. The molecule has 0 aromatic rings. The normalized spacial score (nSPS) is 15.5. The molecule has 115 heavy (non-hydrogen) atoms. The van der Waals surface area contributed by atoms with Crippen LogP contribution < -0.4 is 0 Å². The van der Waals surface area contributed by atoms with Crippen molar-refractivity contribution in [1.29, 1.82) is 0 Å². The zero-order valence-electron chi connectivity index (χ0n) is 81.9. The quantitative estimate of drug-likeness (QED) is 0.0329. The van der Waals surface area contributed by atoms with E-state index in [2.05, 4.69) is 223 Å². The predicted molar refractivity (Wildman–Crippen MR) is 527 cm³/mol. The van der Waals surface area contributed by atoms with E-state index in [0.29, 0.717) is 12.8 Å². The highest BCUT2D eigenvalue weighted by atomic mass is 28.5. The molecule has 0 fully saturated rings. The van der Waals surface area contributed by atoms with Crippen molar-refractivity contribution in [3.05, 3.63) is 0 Å². The molecule has 0 amide bonds. The van der Waals surface area contributed by atoms with Gasteiger partial charge >= 0.3 is 103 Å². The zero-order valence-corrected chi connectivity index (χ0v) is 97.9. The van der Waals surface area contributed by atoms with Crippen LogP contribution in [0.1, 0.15) is 245 Å². The molecule has 19 nitrogen and oxygen atoms in total. The molecule has 0 spiro atoms. The molecule has 0 rings (SSSR count). The summed E-state index contributed by atoms with van der Waals surface area (Å²) in [4.78, 5) is 0. The maximum atomic E-state index is 10.8. The van der Waals surface area contributed by atoms with Crippen LogP contribution in [0.15, 0.2) is 0 Å². The van der Waals surface area contributed by atoms with Gasteiger partial charge in [0.1, 0.15) is 12.2 Å². The smallest absolute Gasteiger partial charge is 0.314 e. The Hall–Kier alpha value is 2.71. The van der Waals surface area contributed by atoms with Gasteiger partial charge in [-0.25, -0.2) is 0 Å².